The van der Waals surface area contributed by atoms with Gasteiger partial charge in [-0.1, -0.05) is 25.0 Å². The number of nitrogens with one attached hydrogen (secondary N) is 2. The minimum absolute atomic E-state index is 0.0725. The summed E-state index contributed by atoms with van der Waals surface area (Å²) >= 11 is 0. The second-order valence-electron chi connectivity index (χ2n) is 7.61. The van der Waals surface area contributed by atoms with E-state index >= 15 is 0 Å². The van der Waals surface area contributed by atoms with E-state index in [0.717, 1.165) is 45.0 Å². The van der Waals surface area contributed by atoms with Crippen LogP contribution < -0.4 is 10.0 Å². The molecule has 160 valence electrons. The largest absolute Gasteiger partial charge is 0.339 e. The first kappa shape index (κ1) is 21.8. The Morgan fingerprint density at radius 1 is 0.933 bits per heavy atom. The molecule has 0 saturated carbocycles. The number of amides is 2. The van der Waals surface area contributed by atoms with Crippen LogP contribution in [0.15, 0.2) is 42.5 Å². The Morgan fingerprint density at radius 3 is 2.23 bits per heavy atom. The van der Waals surface area contributed by atoms with Crippen molar-refractivity contribution in [1.82, 2.24) is 4.90 Å². The summed E-state index contributed by atoms with van der Waals surface area (Å²) in [5.74, 6) is -0.434. The molecule has 2 N–H and O–H groups in total. The van der Waals surface area contributed by atoms with E-state index in [-0.39, 0.29) is 11.8 Å². The van der Waals surface area contributed by atoms with Gasteiger partial charge in [0.05, 0.1) is 23.2 Å². The molecule has 0 aliphatic carbocycles. The zero-order valence-corrected chi connectivity index (χ0v) is 18.1. The third kappa shape index (κ3) is 5.60. The number of carbonyl (C=O) groups is 2. The van der Waals surface area contributed by atoms with Crippen LogP contribution in [0, 0.1) is 6.92 Å². The van der Waals surface area contributed by atoms with Crippen molar-refractivity contribution in [1.29, 1.82) is 0 Å². The maximum absolute atomic E-state index is 13.0. The lowest BCUT2D eigenvalue weighted by atomic mass is 10.1. The number of para-hydroxylation sites is 1. The highest BCUT2D eigenvalue weighted by Gasteiger charge is 2.21. The van der Waals surface area contributed by atoms with Gasteiger partial charge in [0.1, 0.15) is 0 Å². The summed E-state index contributed by atoms with van der Waals surface area (Å²) in [6.45, 7) is 3.19. The van der Waals surface area contributed by atoms with Crippen LogP contribution in [0.3, 0.4) is 0 Å². The summed E-state index contributed by atoms with van der Waals surface area (Å²) in [6.07, 6.45) is 5.32. The number of sulfonamides is 1. The van der Waals surface area contributed by atoms with Crippen molar-refractivity contribution >= 4 is 33.2 Å². The van der Waals surface area contributed by atoms with Crippen LogP contribution in [0.2, 0.25) is 0 Å². The molecule has 0 aromatic heterocycles. The summed E-state index contributed by atoms with van der Waals surface area (Å²) in [4.78, 5) is 27.7. The Balaban J connectivity index is 1.79. The molecule has 3 rings (SSSR count). The van der Waals surface area contributed by atoms with Crippen molar-refractivity contribution < 1.29 is 18.0 Å². The summed E-state index contributed by atoms with van der Waals surface area (Å²) in [5, 5.41) is 2.83. The minimum Gasteiger partial charge on any atom is -0.339 e. The summed E-state index contributed by atoms with van der Waals surface area (Å²) in [6, 6.07) is 11.7. The summed E-state index contributed by atoms with van der Waals surface area (Å²) < 4.78 is 25.3. The number of likely N-dealkylation sites (tertiary alicyclic amines) is 1. The fraction of sp³-hybridized carbons (Fsp3) is 0.364. The fourth-order valence-corrected chi connectivity index (χ4v) is 4.16. The first-order chi connectivity index (χ1) is 14.2. The van der Waals surface area contributed by atoms with E-state index in [9.17, 15) is 18.0 Å². The molecule has 1 aliphatic rings. The van der Waals surface area contributed by atoms with Crippen molar-refractivity contribution in [3.8, 4) is 0 Å². The van der Waals surface area contributed by atoms with Gasteiger partial charge in [0.15, 0.2) is 0 Å². The van der Waals surface area contributed by atoms with Crippen molar-refractivity contribution in [2.75, 3.05) is 29.4 Å². The van der Waals surface area contributed by atoms with Crippen LogP contribution in [0.25, 0.3) is 0 Å². The maximum atomic E-state index is 13.0. The van der Waals surface area contributed by atoms with Gasteiger partial charge >= 0.3 is 0 Å². The van der Waals surface area contributed by atoms with Crippen molar-refractivity contribution in [3.05, 3.63) is 59.2 Å². The Labute approximate surface area is 177 Å². The molecule has 0 spiro atoms. The quantitative estimate of drug-likeness (QED) is 0.759. The van der Waals surface area contributed by atoms with Gasteiger partial charge < -0.3 is 10.2 Å². The van der Waals surface area contributed by atoms with Crippen LogP contribution >= 0.6 is 0 Å². The summed E-state index contributed by atoms with van der Waals surface area (Å²) in [7, 11) is -3.40. The first-order valence-corrected chi connectivity index (χ1v) is 11.9. The Bertz CT molecular complexity index is 1040. The third-order valence-corrected chi connectivity index (χ3v) is 5.67. The SMILES string of the molecule is Cc1cc(C(=O)Nc2ccccc2C(=O)N2CCCCCC2)ccc1NS(C)(=O)=O. The average Bonchev–Trinajstić information content (AvgIpc) is 2.98. The molecule has 2 amide bonds. The Morgan fingerprint density at radius 2 is 1.60 bits per heavy atom. The lowest BCUT2D eigenvalue weighted by Gasteiger charge is -2.22. The molecule has 1 saturated heterocycles. The highest BCUT2D eigenvalue weighted by molar-refractivity contribution is 7.92. The van der Waals surface area contributed by atoms with E-state index in [1.807, 2.05) is 4.90 Å². The van der Waals surface area contributed by atoms with Crippen LogP contribution in [0.4, 0.5) is 11.4 Å². The van der Waals surface area contributed by atoms with Crippen molar-refractivity contribution in [2.24, 2.45) is 0 Å². The van der Waals surface area contributed by atoms with Gasteiger partial charge in [0, 0.05) is 18.7 Å². The molecule has 1 heterocycles. The van der Waals surface area contributed by atoms with Gasteiger partial charge in [-0.15, -0.1) is 0 Å². The second kappa shape index (κ2) is 9.30. The van der Waals surface area contributed by atoms with Gasteiger partial charge in [-0.05, 0) is 55.7 Å². The molecular weight excluding hydrogens is 402 g/mol. The minimum atomic E-state index is -3.40. The van der Waals surface area contributed by atoms with E-state index in [4.69, 9.17) is 0 Å². The smallest absolute Gasteiger partial charge is 0.255 e. The Hall–Kier alpha value is -2.87. The third-order valence-electron chi connectivity index (χ3n) is 5.08. The lowest BCUT2D eigenvalue weighted by Crippen LogP contribution is -2.32. The predicted octanol–water partition coefficient (Wildman–Crippen LogP) is 3.64. The number of aryl methyl sites for hydroxylation is 1. The highest BCUT2D eigenvalue weighted by Crippen LogP contribution is 2.22. The first-order valence-electron chi connectivity index (χ1n) is 10.0. The normalized spacial score (nSPS) is 14.7. The number of hydrogen-bond donors (Lipinski definition) is 2. The monoisotopic (exact) mass is 429 g/mol. The van der Waals surface area contributed by atoms with Crippen LogP contribution in [-0.4, -0.2) is 44.5 Å². The molecule has 8 heteroatoms. The van der Waals surface area contributed by atoms with Crippen molar-refractivity contribution in [2.45, 2.75) is 32.6 Å². The number of rotatable bonds is 5. The molecule has 1 aliphatic heterocycles. The highest BCUT2D eigenvalue weighted by atomic mass is 32.2. The molecule has 30 heavy (non-hydrogen) atoms. The molecule has 0 atom stereocenters. The maximum Gasteiger partial charge on any atom is 0.255 e. The molecule has 0 bridgehead atoms. The standard InChI is InChI=1S/C22H27N3O4S/c1-16-15-17(11-12-19(16)24-30(2,28)29)21(26)23-20-10-6-5-9-18(20)22(27)25-13-7-3-4-8-14-25/h5-6,9-12,15,24H,3-4,7-8,13-14H2,1-2H3,(H,23,26). The van der Waals surface area contributed by atoms with Crippen LogP contribution in [0.1, 0.15) is 52.0 Å². The molecule has 1 fully saturated rings. The molecular formula is C22H27N3O4S. The molecule has 0 unspecified atom stereocenters. The topological polar surface area (TPSA) is 95.6 Å². The number of benzene rings is 2. The molecule has 7 nitrogen and oxygen atoms in total. The van der Waals surface area contributed by atoms with E-state index in [1.165, 1.54) is 0 Å². The molecule has 2 aromatic rings. The summed E-state index contributed by atoms with van der Waals surface area (Å²) in [5.41, 5.74) is 2.36. The van der Waals surface area contributed by atoms with Crippen LogP contribution in [0.5, 0.6) is 0 Å². The number of nitrogens with zero attached hydrogens (tertiary/aromatic N) is 1. The van der Waals surface area contributed by atoms with Crippen molar-refractivity contribution in [3.63, 3.8) is 0 Å². The second-order valence-corrected chi connectivity index (χ2v) is 9.36. The molecule has 0 radical (unpaired) electrons. The lowest BCUT2D eigenvalue weighted by molar-refractivity contribution is 0.0762. The van der Waals surface area contributed by atoms with Gasteiger partial charge in [-0.3, -0.25) is 14.3 Å². The van der Waals surface area contributed by atoms with Gasteiger partial charge in [-0.2, -0.15) is 0 Å². The van der Waals surface area contributed by atoms with E-state index < -0.39 is 10.0 Å². The van der Waals surface area contributed by atoms with Gasteiger partial charge in [0.2, 0.25) is 10.0 Å². The number of hydrogen-bond acceptors (Lipinski definition) is 4. The van der Waals surface area contributed by atoms with E-state index in [2.05, 4.69) is 10.0 Å². The average molecular weight is 430 g/mol. The van der Waals surface area contributed by atoms with Crippen LogP contribution in [-0.2, 0) is 10.0 Å². The Kier molecular flexibility index (Phi) is 6.77. The fourth-order valence-electron chi connectivity index (χ4n) is 3.54. The van der Waals surface area contributed by atoms with Gasteiger partial charge in [-0.25, -0.2) is 8.42 Å². The zero-order chi connectivity index (χ0) is 21.7. The number of anilines is 2. The predicted molar refractivity (Wildman–Crippen MR) is 118 cm³/mol. The zero-order valence-electron chi connectivity index (χ0n) is 17.3. The van der Waals surface area contributed by atoms with E-state index in [1.54, 1.807) is 49.4 Å². The van der Waals surface area contributed by atoms with Gasteiger partial charge in [0.25, 0.3) is 11.8 Å². The molecule has 2 aromatic carbocycles. The number of carbonyl (C=O) groups excluding carboxylic acids is 2. The van der Waals surface area contributed by atoms with E-state index in [0.29, 0.717) is 28.1 Å².